The topological polar surface area (TPSA) is 69.5 Å². The molecule has 0 aliphatic carbocycles. The largest absolute Gasteiger partial charge is 0.497 e. The van der Waals surface area contributed by atoms with E-state index in [-0.39, 0.29) is 18.0 Å². The van der Waals surface area contributed by atoms with Gasteiger partial charge in [-0.05, 0) is 41.8 Å². The van der Waals surface area contributed by atoms with Crippen LogP contribution in [-0.4, -0.2) is 34.9 Å². The van der Waals surface area contributed by atoms with Gasteiger partial charge in [0.15, 0.2) is 0 Å². The number of carbonyl (C=O) groups is 1. The van der Waals surface area contributed by atoms with Crippen molar-refractivity contribution < 1.29 is 14.3 Å². The van der Waals surface area contributed by atoms with Crippen molar-refractivity contribution in [2.24, 2.45) is 0 Å². The van der Waals surface area contributed by atoms with Crippen molar-refractivity contribution in [3.05, 3.63) is 66.0 Å². The van der Waals surface area contributed by atoms with Gasteiger partial charge in [-0.2, -0.15) is 10.1 Å². The smallest absolute Gasteiger partial charge is 0.231 e. The van der Waals surface area contributed by atoms with Crippen LogP contribution in [0.15, 0.2) is 54.9 Å². The number of benzene rings is 2. The van der Waals surface area contributed by atoms with Crippen molar-refractivity contribution in [3.8, 4) is 11.5 Å². The summed E-state index contributed by atoms with van der Waals surface area (Å²) < 4.78 is 12.4. The first-order chi connectivity index (χ1) is 14.2. The molecule has 150 valence electrons. The second-order valence-electron chi connectivity index (χ2n) is 6.94. The zero-order valence-electron chi connectivity index (χ0n) is 16.8. The quantitative estimate of drug-likeness (QED) is 0.661. The van der Waals surface area contributed by atoms with Gasteiger partial charge in [0.25, 0.3) is 0 Å². The standard InChI is InChI=1S/C22H24N4O3/c1-4-21(27)25-19(15-5-9-17(28-2)10-6-15)13-20(26-22(25)23-14-24-26)16-7-11-18(29-3)12-8-16/h5-12,14,19-20H,4,13H2,1-3H3/t19-,20+/m1/s1. The van der Waals surface area contributed by atoms with Crippen LogP contribution >= 0.6 is 0 Å². The van der Waals surface area contributed by atoms with Crippen LogP contribution in [0.4, 0.5) is 5.95 Å². The maximum Gasteiger partial charge on any atom is 0.231 e. The van der Waals surface area contributed by atoms with Gasteiger partial charge in [0.2, 0.25) is 11.9 Å². The maximum absolute atomic E-state index is 12.9. The average molecular weight is 392 g/mol. The predicted octanol–water partition coefficient (Wildman–Crippen LogP) is 3.77. The fourth-order valence-corrected chi connectivity index (χ4v) is 3.86. The van der Waals surface area contributed by atoms with Crippen LogP contribution in [0.25, 0.3) is 0 Å². The maximum atomic E-state index is 12.9. The van der Waals surface area contributed by atoms with E-state index in [0.29, 0.717) is 18.8 Å². The molecule has 1 aliphatic heterocycles. The molecular weight excluding hydrogens is 368 g/mol. The lowest BCUT2D eigenvalue weighted by atomic mass is 9.91. The molecule has 4 rings (SSSR count). The molecule has 2 heterocycles. The number of hydrogen-bond acceptors (Lipinski definition) is 5. The van der Waals surface area contributed by atoms with Gasteiger partial charge in [-0.3, -0.25) is 9.69 Å². The van der Waals surface area contributed by atoms with Crippen LogP contribution in [0, 0.1) is 0 Å². The zero-order valence-corrected chi connectivity index (χ0v) is 16.8. The van der Waals surface area contributed by atoms with Gasteiger partial charge in [-0.25, -0.2) is 4.68 Å². The number of aromatic nitrogens is 3. The molecule has 1 aromatic heterocycles. The summed E-state index contributed by atoms with van der Waals surface area (Å²) >= 11 is 0. The lowest BCUT2D eigenvalue weighted by Gasteiger charge is -2.39. The summed E-state index contributed by atoms with van der Waals surface area (Å²) in [6, 6.07) is 15.7. The van der Waals surface area contributed by atoms with Gasteiger partial charge < -0.3 is 9.47 Å². The van der Waals surface area contributed by atoms with Crippen LogP contribution in [0.5, 0.6) is 11.5 Å². The third-order valence-corrected chi connectivity index (χ3v) is 5.40. The first-order valence-corrected chi connectivity index (χ1v) is 9.65. The summed E-state index contributed by atoms with van der Waals surface area (Å²) in [6.07, 6.45) is 2.60. The van der Waals surface area contributed by atoms with Gasteiger partial charge in [0.05, 0.1) is 26.3 Å². The predicted molar refractivity (Wildman–Crippen MR) is 109 cm³/mol. The highest BCUT2D eigenvalue weighted by molar-refractivity contribution is 5.92. The summed E-state index contributed by atoms with van der Waals surface area (Å²) in [5.74, 6) is 2.18. The van der Waals surface area contributed by atoms with Gasteiger partial charge in [0, 0.05) is 6.42 Å². The van der Waals surface area contributed by atoms with Crippen molar-refractivity contribution >= 4 is 11.9 Å². The minimum absolute atomic E-state index is 0.0215. The van der Waals surface area contributed by atoms with E-state index in [4.69, 9.17) is 9.47 Å². The molecular formula is C22H24N4O3. The van der Waals surface area contributed by atoms with Crippen molar-refractivity contribution in [2.45, 2.75) is 31.8 Å². The van der Waals surface area contributed by atoms with E-state index in [9.17, 15) is 4.79 Å². The van der Waals surface area contributed by atoms with Crippen LogP contribution in [-0.2, 0) is 4.79 Å². The molecule has 0 saturated carbocycles. The molecule has 1 amide bonds. The summed E-state index contributed by atoms with van der Waals surface area (Å²) in [6.45, 7) is 1.86. The number of rotatable bonds is 5. The number of nitrogens with zero attached hydrogens (tertiary/aromatic N) is 4. The van der Waals surface area contributed by atoms with Gasteiger partial charge in [-0.1, -0.05) is 31.2 Å². The first kappa shape index (κ1) is 19.0. The van der Waals surface area contributed by atoms with Crippen molar-refractivity contribution in [2.75, 3.05) is 19.1 Å². The van der Waals surface area contributed by atoms with E-state index in [1.54, 1.807) is 19.1 Å². The molecule has 0 radical (unpaired) electrons. The van der Waals surface area contributed by atoms with Crippen LogP contribution in [0.2, 0.25) is 0 Å². The van der Waals surface area contributed by atoms with Crippen molar-refractivity contribution in [1.82, 2.24) is 14.8 Å². The number of ether oxygens (including phenoxy) is 2. The second kappa shape index (κ2) is 7.95. The Kier molecular flexibility index (Phi) is 5.20. The summed E-state index contributed by atoms with van der Waals surface area (Å²) in [5.41, 5.74) is 2.14. The van der Waals surface area contributed by atoms with E-state index < -0.39 is 0 Å². The SMILES string of the molecule is CCC(=O)N1c2ncnn2[C@H](c2ccc(OC)cc2)C[C@@H]1c1ccc(OC)cc1. The van der Waals surface area contributed by atoms with Crippen molar-refractivity contribution in [3.63, 3.8) is 0 Å². The lowest BCUT2D eigenvalue weighted by Crippen LogP contribution is -2.42. The highest BCUT2D eigenvalue weighted by Gasteiger charge is 2.38. The van der Waals surface area contributed by atoms with Crippen LogP contribution in [0.1, 0.15) is 43.0 Å². The molecule has 2 aromatic carbocycles. The number of fused-ring (bicyclic) bond motifs is 1. The Balaban J connectivity index is 1.79. The van der Waals surface area contributed by atoms with E-state index in [1.165, 1.54) is 6.33 Å². The highest BCUT2D eigenvalue weighted by Crippen LogP contribution is 2.42. The first-order valence-electron chi connectivity index (χ1n) is 9.65. The lowest BCUT2D eigenvalue weighted by molar-refractivity contribution is -0.119. The Labute approximate surface area is 169 Å². The molecule has 29 heavy (non-hydrogen) atoms. The minimum Gasteiger partial charge on any atom is -0.497 e. The third-order valence-electron chi connectivity index (χ3n) is 5.40. The van der Waals surface area contributed by atoms with Crippen molar-refractivity contribution in [1.29, 1.82) is 0 Å². The second-order valence-corrected chi connectivity index (χ2v) is 6.94. The molecule has 2 atom stereocenters. The number of hydrogen-bond donors (Lipinski definition) is 0. The number of methoxy groups -OCH3 is 2. The molecule has 1 aliphatic rings. The molecule has 0 spiro atoms. The molecule has 0 bridgehead atoms. The minimum atomic E-state index is -0.142. The van der Waals surface area contributed by atoms with Gasteiger partial charge in [-0.15, -0.1) is 0 Å². The van der Waals surface area contributed by atoms with E-state index in [2.05, 4.69) is 10.1 Å². The summed E-state index contributed by atoms with van der Waals surface area (Å²) in [5, 5.41) is 4.44. The Hall–Kier alpha value is -3.35. The van der Waals surface area contributed by atoms with E-state index in [0.717, 1.165) is 22.6 Å². The number of amides is 1. The molecule has 0 saturated heterocycles. The normalized spacial score (nSPS) is 18.2. The van der Waals surface area contributed by atoms with E-state index >= 15 is 0 Å². The Bertz CT molecular complexity index is 982. The highest BCUT2D eigenvalue weighted by atomic mass is 16.5. The summed E-state index contributed by atoms with van der Waals surface area (Å²) in [4.78, 5) is 19.1. The number of anilines is 1. The van der Waals surface area contributed by atoms with Gasteiger partial charge in [0.1, 0.15) is 17.8 Å². The Morgan fingerprint density at radius 3 is 2.03 bits per heavy atom. The monoisotopic (exact) mass is 392 g/mol. The molecule has 0 N–H and O–H groups in total. The van der Waals surface area contributed by atoms with Crippen LogP contribution in [0.3, 0.4) is 0 Å². The average Bonchev–Trinajstić information content (AvgIpc) is 3.27. The third kappa shape index (κ3) is 3.44. The Morgan fingerprint density at radius 2 is 1.52 bits per heavy atom. The fraction of sp³-hybridized carbons (Fsp3) is 0.318. The Morgan fingerprint density at radius 1 is 0.966 bits per heavy atom. The molecule has 0 fully saturated rings. The fourth-order valence-electron chi connectivity index (χ4n) is 3.86. The number of carbonyl (C=O) groups excluding carboxylic acids is 1. The summed E-state index contributed by atoms with van der Waals surface area (Å²) in [7, 11) is 3.30. The van der Waals surface area contributed by atoms with Gasteiger partial charge >= 0.3 is 0 Å². The van der Waals surface area contributed by atoms with Crippen LogP contribution < -0.4 is 14.4 Å². The molecule has 3 aromatic rings. The molecule has 7 heteroatoms. The van der Waals surface area contributed by atoms with E-state index in [1.807, 2.05) is 60.1 Å². The zero-order chi connectivity index (χ0) is 20.4. The molecule has 0 unspecified atom stereocenters. The molecule has 7 nitrogen and oxygen atoms in total.